The van der Waals surface area contributed by atoms with Gasteiger partial charge in [0.1, 0.15) is 5.75 Å². The van der Waals surface area contributed by atoms with E-state index in [4.69, 9.17) is 19.1 Å². The van der Waals surface area contributed by atoms with E-state index < -0.39 is 19.8 Å². The Balaban J connectivity index is 1.11. The lowest BCUT2D eigenvalue weighted by Crippen LogP contribution is -2.44. The van der Waals surface area contributed by atoms with Crippen molar-refractivity contribution in [2.75, 3.05) is 13.2 Å². The van der Waals surface area contributed by atoms with Crippen LogP contribution >= 0.6 is 7.75 Å². The summed E-state index contributed by atoms with van der Waals surface area (Å²) in [6.07, 6.45) is 7.30. The van der Waals surface area contributed by atoms with Gasteiger partial charge < -0.3 is 19.5 Å². The Labute approximate surface area is 253 Å². The highest BCUT2D eigenvalue weighted by Gasteiger charge is 2.55. The Hall–Kier alpha value is -2.55. The maximum Gasteiger partial charge on any atom is 0.403 e. The smallest absolute Gasteiger partial charge is 0.403 e. The minimum Gasteiger partial charge on any atom is -0.481 e. The van der Waals surface area contributed by atoms with Crippen molar-refractivity contribution in [2.45, 2.75) is 89.7 Å². The molecule has 0 aliphatic heterocycles. The average Bonchev–Trinajstić information content (AvgIpc) is 3.32. The fourth-order valence-electron chi connectivity index (χ4n) is 7.78. The molecular formula is C33H44NO8P. The number of aryl methyl sites for hydroxylation is 1. The molecule has 0 saturated heterocycles. The van der Waals surface area contributed by atoms with E-state index in [1.807, 2.05) is 24.3 Å². The number of esters is 1. The topological polar surface area (TPSA) is 131 Å². The molecule has 3 aliphatic carbocycles. The van der Waals surface area contributed by atoms with Gasteiger partial charge in [-0.1, -0.05) is 31.2 Å². The highest BCUT2D eigenvalue weighted by atomic mass is 31.2. The molecule has 5 rings (SSSR count). The number of hydrogen-bond acceptors (Lipinski definition) is 6. The van der Waals surface area contributed by atoms with Crippen molar-refractivity contribution >= 4 is 19.7 Å². The molecule has 3 N–H and O–H groups in total. The van der Waals surface area contributed by atoms with Crippen molar-refractivity contribution in [2.24, 2.45) is 17.3 Å². The van der Waals surface area contributed by atoms with Gasteiger partial charge in [0.2, 0.25) is 0 Å². The van der Waals surface area contributed by atoms with Crippen molar-refractivity contribution in [3.8, 4) is 5.75 Å². The zero-order chi connectivity index (χ0) is 30.6. The molecule has 2 aromatic carbocycles. The molecule has 10 heteroatoms. The maximum absolute atomic E-state index is 12.6. The molecule has 2 saturated carbocycles. The maximum atomic E-state index is 12.6. The second kappa shape index (κ2) is 13.6. The van der Waals surface area contributed by atoms with Crippen molar-refractivity contribution in [3.05, 3.63) is 65.2 Å². The van der Waals surface area contributed by atoms with E-state index in [0.717, 1.165) is 38.5 Å². The predicted molar refractivity (Wildman–Crippen MR) is 162 cm³/mol. The summed E-state index contributed by atoms with van der Waals surface area (Å²) in [5.74, 6) is 1.03. The number of carbonyl (C=O) groups excluding carboxylic acids is 1. The fourth-order valence-corrected chi connectivity index (χ4v) is 8.92. The second-order valence-electron chi connectivity index (χ2n) is 12.7. The highest BCUT2D eigenvalue weighted by molar-refractivity contribution is 7.50. The van der Waals surface area contributed by atoms with Gasteiger partial charge in [0, 0.05) is 19.1 Å². The first-order valence-corrected chi connectivity index (χ1v) is 17.1. The Morgan fingerprint density at radius 1 is 1.09 bits per heavy atom. The Morgan fingerprint density at radius 3 is 2.65 bits per heavy atom. The van der Waals surface area contributed by atoms with Crippen molar-refractivity contribution < 1.29 is 38.2 Å². The van der Waals surface area contributed by atoms with Crippen molar-refractivity contribution in [1.82, 2.24) is 5.09 Å². The van der Waals surface area contributed by atoms with Crippen LogP contribution in [0.5, 0.6) is 5.75 Å². The van der Waals surface area contributed by atoms with E-state index in [9.17, 15) is 19.0 Å². The van der Waals surface area contributed by atoms with Crippen LogP contribution in [0, 0.1) is 17.3 Å². The summed E-state index contributed by atoms with van der Waals surface area (Å²) in [4.78, 5) is 33.3. The van der Waals surface area contributed by atoms with Gasteiger partial charge in [0.15, 0.2) is 0 Å². The summed E-state index contributed by atoms with van der Waals surface area (Å²) in [5, 5.41) is 11.3. The third-order valence-electron chi connectivity index (χ3n) is 9.88. The van der Waals surface area contributed by atoms with Crippen LogP contribution in [0.4, 0.5) is 0 Å². The molecule has 234 valence electrons. The zero-order valence-electron chi connectivity index (χ0n) is 25.1. The average molecular weight is 614 g/mol. The van der Waals surface area contributed by atoms with Gasteiger partial charge >= 0.3 is 19.7 Å². The summed E-state index contributed by atoms with van der Waals surface area (Å²) in [6.45, 7) is 4.59. The molecule has 7 atom stereocenters. The zero-order valence-corrected chi connectivity index (χ0v) is 26.0. The minimum absolute atomic E-state index is 0.0789. The molecule has 2 fully saturated rings. The third kappa shape index (κ3) is 7.58. The van der Waals surface area contributed by atoms with Crippen LogP contribution in [0.15, 0.2) is 48.5 Å². The number of hydrogen-bond donors (Lipinski definition) is 3. The molecule has 0 amide bonds. The number of benzene rings is 2. The van der Waals surface area contributed by atoms with E-state index in [-0.39, 0.29) is 36.9 Å². The standard InChI is InChI=1S/C33H44NO8P/c1-22(9-16-31(35)36)34-43(38,39)41-20-6-19-40-30-15-14-29-28-12-10-24-21-25(42-32(37)23-7-4-3-5-8-23)11-13-26(24)27(28)17-18-33(29,30)2/h3-5,7-8,11,13,21-22,27-30H,6,9-10,12,14-20H2,1-2H3,(H,35,36)(H2,34,38,39)/t22?,27?,28?,29?,30?,33-/m0/s1. The number of fused-ring (bicyclic) bond motifs is 5. The number of carboxylic acids is 1. The molecule has 0 bridgehead atoms. The van der Waals surface area contributed by atoms with Gasteiger partial charge in [0.25, 0.3) is 0 Å². The normalized spacial score (nSPS) is 28.2. The van der Waals surface area contributed by atoms with Crippen LogP contribution in [0.1, 0.15) is 92.6 Å². The number of carboxylic acid groups (broad SMARTS) is 1. The second-order valence-corrected chi connectivity index (χ2v) is 14.2. The fraction of sp³-hybridized carbons (Fsp3) is 0.576. The lowest BCUT2D eigenvalue weighted by molar-refractivity contribution is -0.137. The lowest BCUT2D eigenvalue weighted by atomic mass is 9.55. The Morgan fingerprint density at radius 2 is 1.88 bits per heavy atom. The summed E-state index contributed by atoms with van der Waals surface area (Å²) in [7, 11) is -4.00. The predicted octanol–water partition coefficient (Wildman–Crippen LogP) is 6.50. The largest absolute Gasteiger partial charge is 0.481 e. The van der Waals surface area contributed by atoms with Crippen LogP contribution in [0.2, 0.25) is 0 Å². The monoisotopic (exact) mass is 613 g/mol. The molecule has 2 aromatic rings. The van der Waals surface area contributed by atoms with Gasteiger partial charge in [0.05, 0.1) is 18.3 Å². The molecule has 43 heavy (non-hydrogen) atoms. The SMILES string of the molecule is CC(CCC(=O)O)NP(=O)(O)OCCCOC1CCC2C3CCc4cc(OC(=O)c5ccccc5)ccc4C3CC[C@]12C. The van der Waals surface area contributed by atoms with Crippen molar-refractivity contribution in [1.29, 1.82) is 0 Å². The molecule has 9 nitrogen and oxygen atoms in total. The van der Waals surface area contributed by atoms with Crippen LogP contribution in [0.25, 0.3) is 0 Å². The van der Waals surface area contributed by atoms with E-state index in [0.29, 0.717) is 42.1 Å². The molecule has 0 aromatic heterocycles. The van der Waals surface area contributed by atoms with Gasteiger partial charge in [-0.25, -0.2) is 14.4 Å². The van der Waals surface area contributed by atoms with Crippen LogP contribution in [0.3, 0.4) is 0 Å². The number of rotatable bonds is 13. The Kier molecular flexibility index (Phi) is 10.1. The molecule has 0 spiro atoms. The van der Waals surface area contributed by atoms with Gasteiger partial charge in [-0.15, -0.1) is 0 Å². The summed E-state index contributed by atoms with van der Waals surface area (Å²) in [5.41, 5.74) is 3.35. The lowest BCUT2D eigenvalue weighted by Gasteiger charge is -2.50. The van der Waals surface area contributed by atoms with Crippen LogP contribution < -0.4 is 9.82 Å². The van der Waals surface area contributed by atoms with Crippen molar-refractivity contribution in [3.63, 3.8) is 0 Å². The molecule has 6 unspecified atom stereocenters. The first-order chi connectivity index (χ1) is 20.6. The highest BCUT2D eigenvalue weighted by Crippen LogP contribution is 2.61. The van der Waals surface area contributed by atoms with E-state index in [1.54, 1.807) is 19.1 Å². The number of carbonyl (C=O) groups is 2. The quantitative estimate of drug-likeness (QED) is 0.100. The molecule has 0 radical (unpaired) electrons. The van der Waals surface area contributed by atoms with Crippen LogP contribution in [-0.4, -0.2) is 47.3 Å². The van der Waals surface area contributed by atoms with Gasteiger partial charge in [-0.05, 0) is 117 Å². The third-order valence-corrected chi connectivity index (χ3v) is 11.2. The number of ether oxygens (including phenoxy) is 2. The van der Waals surface area contributed by atoms with Gasteiger partial charge in [-0.2, -0.15) is 0 Å². The first kappa shape index (κ1) is 31.9. The molecule has 0 heterocycles. The summed E-state index contributed by atoms with van der Waals surface area (Å²) < 4.78 is 29.6. The number of aliphatic carboxylic acids is 1. The first-order valence-electron chi connectivity index (χ1n) is 15.5. The van der Waals surface area contributed by atoms with E-state index in [1.165, 1.54) is 11.1 Å². The molecule has 3 aliphatic rings. The minimum atomic E-state index is -4.00. The van der Waals surface area contributed by atoms with E-state index in [2.05, 4.69) is 24.1 Å². The van der Waals surface area contributed by atoms with Gasteiger partial charge in [-0.3, -0.25) is 9.32 Å². The summed E-state index contributed by atoms with van der Waals surface area (Å²) >= 11 is 0. The Bertz CT molecular complexity index is 1340. The van der Waals surface area contributed by atoms with E-state index >= 15 is 0 Å². The summed E-state index contributed by atoms with van der Waals surface area (Å²) in [6, 6.07) is 14.8. The number of nitrogens with one attached hydrogen (secondary N) is 1. The molecular weight excluding hydrogens is 569 g/mol. The van der Waals surface area contributed by atoms with Crippen LogP contribution in [-0.2, 0) is 25.0 Å².